The summed E-state index contributed by atoms with van der Waals surface area (Å²) >= 11 is 3.62. The Morgan fingerprint density at radius 2 is 0.551 bits per heavy atom. The van der Waals surface area contributed by atoms with Crippen LogP contribution in [0, 0.1) is 0 Å². The maximum Gasteiger partial charge on any atom is 0.165 e. The van der Waals surface area contributed by atoms with Gasteiger partial charge >= 0.3 is 0 Å². The highest BCUT2D eigenvalue weighted by Crippen LogP contribution is 2.55. The number of aromatic nitrogens is 7. The molecule has 6 aromatic heterocycles. The molecule has 2 aliphatic rings. The largest absolute Gasteiger partial charge is 0.309 e. The molecule has 2 aliphatic carbocycles. The van der Waals surface area contributed by atoms with Gasteiger partial charge < -0.3 is 9.13 Å². The van der Waals surface area contributed by atoms with Crippen molar-refractivity contribution < 1.29 is 0 Å². The van der Waals surface area contributed by atoms with Crippen molar-refractivity contribution in [2.24, 2.45) is 0 Å². The van der Waals surface area contributed by atoms with Crippen molar-refractivity contribution >= 4 is 107 Å². The molecule has 22 aromatic rings. The molecular formula is C109H73N7S2. The van der Waals surface area contributed by atoms with E-state index in [1.54, 1.807) is 11.3 Å². The van der Waals surface area contributed by atoms with E-state index < -0.39 is 0 Å². The topological polar surface area (TPSA) is 74.3 Å². The Morgan fingerprint density at radius 3 is 0.966 bits per heavy atom. The van der Waals surface area contributed by atoms with E-state index in [1.165, 1.54) is 141 Å². The van der Waals surface area contributed by atoms with Gasteiger partial charge in [0, 0.05) is 117 Å². The van der Waals surface area contributed by atoms with Crippen LogP contribution in [0.15, 0.2) is 370 Å². The van der Waals surface area contributed by atoms with E-state index in [0.717, 1.165) is 66.4 Å². The number of hydrogen-bond acceptors (Lipinski definition) is 7. The summed E-state index contributed by atoms with van der Waals surface area (Å²) in [6.45, 7) is 9.46. The molecule has 0 atom stereocenters. The molecule has 24 rings (SSSR count). The van der Waals surface area contributed by atoms with Crippen LogP contribution in [-0.2, 0) is 10.8 Å². The fraction of sp³-hybridized carbons (Fsp3) is 0.0550. The van der Waals surface area contributed by atoms with Crippen molar-refractivity contribution in [1.29, 1.82) is 0 Å². The first-order chi connectivity index (χ1) is 58.0. The Morgan fingerprint density at radius 1 is 0.212 bits per heavy atom. The monoisotopic (exact) mass is 1540 g/mol. The molecule has 0 fully saturated rings. The Hall–Kier alpha value is -14.4. The summed E-state index contributed by atoms with van der Waals surface area (Å²) in [5.74, 6) is 2.66. The number of rotatable bonds is 10. The van der Waals surface area contributed by atoms with Crippen molar-refractivity contribution in [3.8, 4) is 124 Å². The third-order valence-corrected chi connectivity index (χ3v) is 27.1. The zero-order valence-corrected chi connectivity index (χ0v) is 66.8. The maximum absolute atomic E-state index is 5.40. The predicted octanol–water partition coefficient (Wildman–Crippen LogP) is 29.2. The van der Waals surface area contributed by atoms with Crippen molar-refractivity contribution in [3.63, 3.8) is 0 Å². The van der Waals surface area contributed by atoms with Crippen LogP contribution in [0.2, 0.25) is 0 Å². The van der Waals surface area contributed by atoms with E-state index in [-0.39, 0.29) is 10.8 Å². The fourth-order valence-corrected chi connectivity index (χ4v) is 21.2. The highest BCUT2D eigenvalue weighted by atomic mass is 32.1. The summed E-state index contributed by atoms with van der Waals surface area (Å²) in [6.07, 6.45) is 0. The molecule has 0 unspecified atom stereocenters. The minimum Gasteiger partial charge on any atom is -0.309 e. The van der Waals surface area contributed by atoms with E-state index in [2.05, 4.69) is 370 Å². The van der Waals surface area contributed by atoms with Crippen LogP contribution in [0.25, 0.3) is 208 Å². The molecule has 9 heteroatoms. The first kappa shape index (κ1) is 69.2. The van der Waals surface area contributed by atoms with E-state index in [0.29, 0.717) is 23.3 Å². The van der Waals surface area contributed by atoms with Crippen molar-refractivity contribution in [3.05, 3.63) is 392 Å². The lowest BCUT2D eigenvalue weighted by Crippen LogP contribution is -2.15. The molecule has 7 nitrogen and oxygen atoms in total. The molecule has 0 saturated carbocycles. The smallest absolute Gasteiger partial charge is 0.165 e. The zero-order chi connectivity index (χ0) is 78.5. The van der Waals surface area contributed by atoms with Gasteiger partial charge in [-0.3, -0.25) is 0 Å². The molecule has 0 N–H and O–H groups in total. The summed E-state index contributed by atoms with van der Waals surface area (Å²) in [6, 6.07) is 134. The lowest BCUT2D eigenvalue weighted by Gasteiger charge is -2.21. The Bertz CT molecular complexity index is 7260. The number of nitrogens with zero attached hydrogens (tertiary/aromatic N) is 7. The molecule has 118 heavy (non-hydrogen) atoms. The standard InChI is InChI=1S/C55H37N3S.C54H36N4S/c1-55(2)46-24-14-12-22-39(46)42-31-43-40-27-26-37(34-16-6-3-7-17-34)28-50(40)58(51(43)32-47(42)55)38-29-44-41-23-13-15-25-52(41)59-53(44)45(30-38)54-56-48(35-18-8-4-9-19-35)33-49(57-54)36-20-10-5-11-21-36;1-54(2)45-24-14-12-22-38(45)41-31-42-39-27-26-36(33-16-6-3-7-17-33)28-47(39)58(48(42)32-46(41)54)37-29-43-40-23-13-15-25-49(40)59-50(43)44(30-37)53-56-51(34-18-8-4-9-19-34)55-52(57-53)35-20-10-5-11-21-35/h3-33H,1-2H3;3-32H,1-2H3. The predicted molar refractivity (Wildman–Crippen MR) is 495 cm³/mol. The molecule has 6 heterocycles. The molecule has 0 bridgehead atoms. The molecular weight excluding hydrogens is 1470 g/mol. The first-order valence-corrected chi connectivity index (χ1v) is 42.0. The van der Waals surface area contributed by atoms with Crippen LogP contribution in [-0.4, -0.2) is 34.1 Å². The quantitative estimate of drug-likeness (QED) is 0.136. The highest BCUT2D eigenvalue weighted by Gasteiger charge is 2.38. The minimum atomic E-state index is -0.151. The average Bonchev–Trinajstić information content (AvgIpc) is 1.55. The molecule has 0 spiro atoms. The second-order valence-electron chi connectivity index (χ2n) is 32.2. The summed E-state index contributed by atoms with van der Waals surface area (Å²) in [4.78, 5) is 26.4. The number of benzene rings is 16. The summed E-state index contributed by atoms with van der Waals surface area (Å²) in [5, 5.41) is 9.78. The Labute approximate surface area is 690 Å². The molecule has 556 valence electrons. The van der Waals surface area contributed by atoms with Gasteiger partial charge in [0.1, 0.15) is 0 Å². The van der Waals surface area contributed by atoms with Gasteiger partial charge in [0.05, 0.1) is 33.5 Å². The Kier molecular flexibility index (Phi) is 15.9. The molecule has 0 amide bonds. The SMILES string of the molecule is CC1(C)c2ccccc2-c2cc3c4ccc(-c5ccccc5)cc4n(-c4cc(-c5nc(-c6ccccc6)cc(-c6ccccc6)n5)c5sc6ccccc6c5c4)c3cc21.CC1(C)c2ccccc2-c2cc3c4ccc(-c5ccccc5)cc4n(-c4cc(-c5nc(-c6ccccc6)nc(-c6ccccc6)n5)c5sc6ccccc6c5c4)c3cc21. The minimum absolute atomic E-state index is 0.144. The molecule has 0 saturated heterocycles. The van der Waals surface area contributed by atoms with Crippen molar-refractivity contribution in [2.45, 2.75) is 38.5 Å². The second-order valence-corrected chi connectivity index (χ2v) is 34.3. The third kappa shape index (κ3) is 11.2. The summed E-state index contributed by atoms with van der Waals surface area (Å²) < 4.78 is 9.81. The number of hydrogen-bond donors (Lipinski definition) is 0. The lowest BCUT2D eigenvalue weighted by molar-refractivity contribution is 0.661. The van der Waals surface area contributed by atoms with Gasteiger partial charge in [0.15, 0.2) is 23.3 Å². The normalized spacial score (nSPS) is 13.1. The fourth-order valence-electron chi connectivity index (χ4n) is 18.8. The molecule has 16 aromatic carbocycles. The van der Waals surface area contributed by atoms with Gasteiger partial charge in [-0.15, -0.1) is 22.7 Å². The number of thiophene rings is 2. The van der Waals surface area contributed by atoms with Gasteiger partial charge in [-0.1, -0.05) is 319 Å². The van der Waals surface area contributed by atoms with Crippen LogP contribution in [0.3, 0.4) is 0 Å². The van der Waals surface area contributed by atoms with Crippen molar-refractivity contribution in [2.75, 3.05) is 0 Å². The van der Waals surface area contributed by atoms with Gasteiger partial charge in [0.2, 0.25) is 0 Å². The summed E-state index contributed by atoms with van der Waals surface area (Å²) in [5.41, 5.74) is 29.9. The lowest BCUT2D eigenvalue weighted by atomic mass is 9.82. The average molecular weight is 1540 g/mol. The molecule has 0 aliphatic heterocycles. The third-order valence-electron chi connectivity index (χ3n) is 24.6. The Balaban J connectivity index is 0.000000138. The van der Waals surface area contributed by atoms with Crippen LogP contribution in [0.5, 0.6) is 0 Å². The zero-order valence-electron chi connectivity index (χ0n) is 65.2. The van der Waals surface area contributed by atoms with Gasteiger partial charge in [0.25, 0.3) is 0 Å². The van der Waals surface area contributed by atoms with Crippen LogP contribution < -0.4 is 0 Å². The van der Waals surface area contributed by atoms with Crippen LogP contribution in [0.1, 0.15) is 49.9 Å². The number of fused-ring (bicyclic) bond motifs is 18. The van der Waals surface area contributed by atoms with E-state index >= 15 is 0 Å². The maximum atomic E-state index is 5.40. The van der Waals surface area contributed by atoms with E-state index in [9.17, 15) is 0 Å². The van der Waals surface area contributed by atoms with Gasteiger partial charge in [-0.25, -0.2) is 24.9 Å². The van der Waals surface area contributed by atoms with Crippen LogP contribution >= 0.6 is 22.7 Å². The van der Waals surface area contributed by atoms with Crippen molar-refractivity contribution in [1.82, 2.24) is 34.1 Å². The van der Waals surface area contributed by atoms with Gasteiger partial charge in [-0.2, -0.15) is 0 Å². The molecule has 0 radical (unpaired) electrons. The second kappa shape index (κ2) is 27.2. The van der Waals surface area contributed by atoms with Crippen LogP contribution in [0.4, 0.5) is 0 Å². The van der Waals surface area contributed by atoms with E-state index in [1.807, 2.05) is 47.7 Å². The first-order valence-electron chi connectivity index (χ1n) is 40.3. The highest BCUT2D eigenvalue weighted by molar-refractivity contribution is 7.26. The van der Waals surface area contributed by atoms with Gasteiger partial charge in [-0.05, 0) is 146 Å². The summed E-state index contributed by atoms with van der Waals surface area (Å²) in [7, 11) is 0. The van der Waals surface area contributed by atoms with E-state index in [4.69, 9.17) is 24.9 Å².